The van der Waals surface area contributed by atoms with Crippen molar-refractivity contribution in [2.24, 2.45) is 10.9 Å². The molecule has 2 heteroatoms. The quantitative estimate of drug-likeness (QED) is 0.758. The average Bonchev–Trinajstić information content (AvgIpc) is 2.38. The van der Waals surface area contributed by atoms with Gasteiger partial charge in [-0.15, -0.1) is 0 Å². The van der Waals surface area contributed by atoms with Crippen LogP contribution in [0.4, 0.5) is 0 Å². The lowest BCUT2D eigenvalue weighted by Crippen LogP contribution is -2.09. The summed E-state index contributed by atoms with van der Waals surface area (Å²) in [5, 5.41) is 8.98. The van der Waals surface area contributed by atoms with Gasteiger partial charge in [0.2, 0.25) is 0 Å². The van der Waals surface area contributed by atoms with Gasteiger partial charge in [0.05, 0.1) is 11.6 Å². The van der Waals surface area contributed by atoms with E-state index in [2.05, 4.69) is 17.1 Å². The largest absolute Gasteiger partial charge is 0.298 e. The molecule has 1 aromatic carbocycles. The van der Waals surface area contributed by atoms with Crippen molar-refractivity contribution in [1.29, 1.82) is 5.26 Å². The van der Waals surface area contributed by atoms with Crippen LogP contribution in [0.3, 0.4) is 0 Å². The standard InChI is InChI=1S/C14H16N2/c15-11-14-4-2-1-3-13(14)6-5-12-7-9-16-10-8-12/h1-4,9,12H,5-8,10H2. The highest BCUT2D eigenvalue weighted by atomic mass is 14.7. The van der Waals surface area contributed by atoms with Crippen molar-refractivity contribution in [3.05, 3.63) is 35.4 Å². The second-order valence-electron chi connectivity index (χ2n) is 4.29. The summed E-state index contributed by atoms with van der Waals surface area (Å²) in [7, 11) is 0. The fourth-order valence-electron chi connectivity index (χ4n) is 2.16. The van der Waals surface area contributed by atoms with Gasteiger partial charge in [-0.05, 0) is 49.4 Å². The van der Waals surface area contributed by atoms with Crippen LogP contribution in [0.2, 0.25) is 0 Å². The summed E-state index contributed by atoms with van der Waals surface area (Å²) in [6.45, 7) is 0.977. The fraction of sp³-hybridized carbons (Fsp3) is 0.429. The Morgan fingerprint density at radius 1 is 1.38 bits per heavy atom. The van der Waals surface area contributed by atoms with Gasteiger partial charge in [0.1, 0.15) is 0 Å². The van der Waals surface area contributed by atoms with E-state index < -0.39 is 0 Å². The van der Waals surface area contributed by atoms with Crippen molar-refractivity contribution in [3.8, 4) is 6.07 Å². The van der Waals surface area contributed by atoms with Crippen molar-refractivity contribution in [2.45, 2.75) is 25.7 Å². The molecule has 0 amide bonds. The highest BCUT2D eigenvalue weighted by molar-refractivity contribution is 5.58. The molecule has 0 saturated carbocycles. The van der Waals surface area contributed by atoms with Gasteiger partial charge < -0.3 is 0 Å². The zero-order chi connectivity index (χ0) is 11.2. The maximum Gasteiger partial charge on any atom is 0.0994 e. The first-order valence-corrected chi connectivity index (χ1v) is 5.86. The number of benzene rings is 1. The van der Waals surface area contributed by atoms with Crippen molar-refractivity contribution in [3.63, 3.8) is 0 Å². The first kappa shape index (κ1) is 10.9. The number of rotatable bonds is 3. The summed E-state index contributed by atoms with van der Waals surface area (Å²) in [6, 6.07) is 10.2. The van der Waals surface area contributed by atoms with Crippen molar-refractivity contribution in [1.82, 2.24) is 0 Å². The molecule has 0 aliphatic carbocycles. The second-order valence-corrected chi connectivity index (χ2v) is 4.29. The third-order valence-electron chi connectivity index (χ3n) is 3.19. The molecule has 1 unspecified atom stereocenters. The average molecular weight is 212 g/mol. The Morgan fingerprint density at radius 3 is 3.00 bits per heavy atom. The summed E-state index contributed by atoms with van der Waals surface area (Å²) >= 11 is 0. The molecular formula is C14H16N2. The lowest BCUT2D eigenvalue weighted by atomic mass is 9.91. The van der Waals surface area contributed by atoms with Gasteiger partial charge in [0, 0.05) is 6.54 Å². The number of nitriles is 1. The van der Waals surface area contributed by atoms with Crippen LogP contribution in [0.15, 0.2) is 29.3 Å². The zero-order valence-corrected chi connectivity index (χ0v) is 9.39. The first-order chi connectivity index (χ1) is 7.90. The molecule has 1 heterocycles. The molecule has 0 fully saturated rings. The number of hydrogen-bond donors (Lipinski definition) is 0. The summed E-state index contributed by atoms with van der Waals surface area (Å²) in [5.41, 5.74) is 2.01. The molecule has 82 valence electrons. The van der Waals surface area contributed by atoms with Gasteiger partial charge in [-0.3, -0.25) is 4.99 Å². The van der Waals surface area contributed by atoms with Crippen molar-refractivity contribution in [2.75, 3.05) is 6.54 Å². The number of nitrogens with zero attached hydrogens (tertiary/aromatic N) is 2. The summed E-state index contributed by atoms with van der Waals surface area (Å²) < 4.78 is 0. The normalized spacial score (nSPS) is 19.3. The van der Waals surface area contributed by atoms with E-state index in [-0.39, 0.29) is 0 Å². The van der Waals surface area contributed by atoms with Crippen LogP contribution in [0, 0.1) is 17.2 Å². The highest BCUT2D eigenvalue weighted by Crippen LogP contribution is 2.20. The number of aryl methyl sites for hydroxylation is 1. The fourth-order valence-corrected chi connectivity index (χ4v) is 2.16. The van der Waals surface area contributed by atoms with Gasteiger partial charge in [0.15, 0.2) is 0 Å². The predicted molar refractivity (Wildman–Crippen MR) is 65.6 cm³/mol. The van der Waals surface area contributed by atoms with Gasteiger partial charge in [-0.25, -0.2) is 0 Å². The van der Waals surface area contributed by atoms with E-state index >= 15 is 0 Å². The molecule has 1 aliphatic rings. The molecule has 0 aromatic heterocycles. The molecule has 2 rings (SSSR count). The van der Waals surface area contributed by atoms with Crippen LogP contribution in [-0.2, 0) is 6.42 Å². The van der Waals surface area contributed by atoms with Gasteiger partial charge >= 0.3 is 0 Å². The van der Waals surface area contributed by atoms with Crippen LogP contribution in [0.1, 0.15) is 30.4 Å². The highest BCUT2D eigenvalue weighted by Gasteiger charge is 2.11. The van der Waals surface area contributed by atoms with Gasteiger partial charge in [-0.1, -0.05) is 18.2 Å². The molecule has 0 saturated heterocycles. The van der Waals surface area contributed by atoms with Crippen molar-refractivity contribution >= 4 is 6.21 Å². The van der Waals surface area contributed by atoms with E-state index in [4.69, 9.17) is 5.26 Å². The molecule has 0 radical (unpaired) electrons. The number of aliphatic imine (C=N–C) groups is 1. The van der Waals surface area contributed by atoms with Crippen LogP contribution in [-0.4, -0.2) is 12.8 Å². The monoisotopic (exact) mass is 212 g/mol. The SMILES string of the molecule is N#Cc1ccccc1CCC1CC=NCC1. The molecule has 1 aromatic rings. The smallest absolute Gasteiger partial charge is 0.0994 e. The van der Waals surface area contributed by atoms with E-state index in [1.807, 2.05) is 24.4 Å². The Bertz CT molecular complexity index is 415. The van der Waals surface area contributed by atoms with E-state index in [0.717, 1.165) is 30.9 Å². The summed E-state index contributed by atoms with van der Waals surface area (Å²) in [5.74, 6) is 0.754. The molecule has 0 N–H and O–H groups in total. The molecule has 16 heavy (non-hydrogen) atoms. The van der Waals surface area contributed by atoms with E-state index in [0.29, 0.717) is 0 Å². The Kier molecular flexibility index (Phi) is 3.71. The second kappa shape index (κ2) is 5.46. The molecule has 1 atom stereocenters. The Morgan fingerprint density at radius 2 is 2.25 bits per heavy atom. The van der Waals surface area contributed by atoms with E-state index in [1.165, 1.54) is 18.4 Å². The molecule has 2 nitrogen and oxygen atoms in total. The molecule has 0 bridgehead atoms. The molecular weight excluding hydrogens is 196 g/mol. The third kappa shape index (κ3) is 2.70. The minimum Gasteiger partial charge on any atom is -0.298 e. The summed E-state index contributed by atoms with van der Waals surface area (Å²) in [4.78, 5) is 4.24. The molecule has 0 spiro atoms. The predicted octanol–water partition coefficient (Wildman–Crippen LogP) is 2.97. The summed E-state index contributed by atoms with van der Waals surface area (Å²) in [6.07, 6.45) is 6.54. The van der Waals surface area contributed by atoms with Crippen molar-refractivity contribution < 1.29 is 0 Å². The zero-order valence-electron chi connectivity index (χ0n) is 9.39. The van der Waals surface area contributed by atoms with Gasteiger partial charge in [0.25, 0.3) is 0 Å². The third-order valence-corrected chi connectivity index (χ3v) is 3.19. The Hall–Kier alpha value is -1.62. The number of hydrogen-bond acceptors (Lipinski definition) is 2. The maximum absolute atomic E-state index is 8.98. The van der Waals surface area contributed by atoms with Gasteiger partial charge in [-0.2, -0.15) is 5.26 Å². The van der Waals surface area contributed by atoms with Crippen LogP contribution >= 0.6 is 0 Å². The Labute approximate surface area is 96.6 Å². The lowest BCUT2D eigenvalue weighted by molar-refractivity contribution is 0.463. The first-order valence-electron chi connectivity index (χ1n) is 5.86. The van der Waals surface area contributed by atoms with Crippen LogP contribution in [0.25, 0.3) is 0 Å². The topological polar surface area (TPSA) is 36.1 Å². The maximum atomic E-state index is 8.98. The minimum absolute atomic E-state index is 0.754. The lowest BCUT2D eigenvalue weighted by Gasteiger charge is -2.17. The minimum atomic E-state index is 0.754. The Balaban J connectivity index is 1.94. The molecule has 1 aliphatic heterocycles. The van der Waals surface area contributed by atoms with Crippen LogP contribution in [0.5, 0.6) is 0 Å². The van der Waals surface area contributed by atoms with Crippen LogP contribution < -0.4 is 0 Å². The van der Waals surface area contributed by atoms with E-state index in [1.54, 1.807) is 0 Å². The van der Waals surface area contributed by atoms with E-state index in [9.17, 15) is 0 Å².